The Hall–Kier alpha value is -3.59. The van der Waals surface area contributed by atoms with Crippen LogP contribution in [0, 0.1) is 0 Å². The van der Waals surface area contributed by atoms with Gasteiger partial charge in [0.05, 0.1) is 18.5 Å². The van der Waals surface area contributed by atoms with E-state index in [-0.39, 0.29) is 5.75 Å². The maximum atomic E-state index is 10.5. The summed E-state index contributed by atoms with van der Waals surface area (Å²) in [4.78, 5) is 4.86. The third-order valence-corrected chi connectivity index (χ3v) is 4.48. The topological polar surface area (TPSA) is 42.4 Å². The third kappa shape index (κ3) is 3.53. The van der Waals surface area contributed by atoms with Crippen molar-refractivity contribution in [1.82, 2.24) is 4.98 Å². The van der Waals surface area contributed by atoms with Crippen molar-refractivity contribution in [2.24, 2.45) is 0 Å². The molecule has 0 bridgehead atoms. The number of methoxy groups -OCH3 is 1. The minimum absolute atomic E-state index is 0.179. The van der Waals surface area contributed by atoms with Crippen LogP contribution < -0.4 is 4.74 Å². The van der Waals surface area contributed by atoms with Crippen LogP contribution in [0.4, 0.5) is 0 Å². The second kappa shape index (κ2) is 7.34. The summed E-state index contributed by atoms with van der Waals surface area (Å²) in [5.74, 6) is 0.801. The summed E-state index contributed by atoms with van der Waals surface area (Å²) in [6, 6.07) is 29.5. The lowest BCUT2D eigenvalue weighted by atomic mass is 9.99. The van der Waals surface area contributed by atoms with Crippen molar-refractivity contribution in [3.05, 3.63) is 91.0 Å². The molecule has 3 aromatic carbocycles. The van der Waals surface area contributed by atoms with Crippen LogP contribution in [0.5, 0.6) is 11.5 Å². The summed E-state index contributed by atoms with van der Waals surface area (Å²) in [5, 5.41) is 10.5. The van der Waals surface area contributed by atoms with Crippen LogP contribution in [0.2, 0.25) is 0 Å². The number of rotatable bonds is 4. The number of aromatic nitrogens is 1. The predicted octanol–water partition coefficient (Wildman–Crippen LogP) is 5.80. The van der Waals surface area contributed by atoms with Gasteiger partial charge in [-0.1, -0.05) is 60.7 Å². The number of hydrogen-bond donors (Lipinski definition) is 1. The van der Waals surface area contributed by atoms with Gasteiger partial charge in [0.25, 0.3) is 0 Å². The molecule has 0 radical (unpaired) electrons. The second-order valence-corrected chi connectivity index (χ2v) is 6.24. The van der Waals surface area contributed by atoms with Gasteiger partial charge in [0, 0.05) is 22.8 Å². The number of phenols is 1. The molecule has 1 aromatic heterocycles. The molecule has 0 aliphatic heterocycles. The van der Waals surface area contributed by atoms with Gasteiger partial charge in [-0.25, -0.2) is 4.98 Å². The molecule has 0 unspecified atom stereocenters. The largest absolute Gasteiger partial charge is 0.507 e. The number of aromatic hydroxyl groups is 1. The maximum absolute atomic E-state index is 10.5. The fraction of sp³-hybridized carbons (Fsp3) is 0.0417. The van der Waals surface area contributed by atoms with Crippen molar-refractivity contribution in [2.75, 3.05) is 7.11 Å². The van der Waals surface area contributed by atoms with Gasteiger partial charge in [-0.15, -0.1) is 0 Å². The molecule has 0 fully saturated rings. The lowest BCUT2D eigenvalue weighted by Crippen LogP contribution is -1.91. The molecule has 0 aliphatic carbocycles. The van der Waals surface area contributed by atoms with Crippen LogP contribution in [0.15, 0.2) is 91.0 Å². The molecule has 4 rings (SSSR count). The second-order valence-electron chi connectivity index (χ2n) is 6.24. The normalized spacial score (nSPS) is 10.6. The van der Waals surface area contributed by atoms with Gasteiger partial charge in [0.1, 0.15) is 11.5 Å². The molecule has 0 spiro atoms. The average Bonchev–Trinajstić information content (AvgIpc) is 2.74. The molecule has 1 heterocycles. The lowest BCUT2D eigenvalue weighted by molar-refractivity contribution is 0.408. The molecule has 27 heavy (non-hydrogen) atoms. The number of ether oxygens (including phenoxy) is 1. The van der Waals surface area contributed by atoms with Crippen LogP contribution in [-0.4, -0.2) is 17.2 Å². The zero-order chi connectivity index (χ0) is 18.6. The van der Waals surface area contributed by atoms with E-state index in [1.54, 1.807) is 13.2 Å². The van der Waals surface area contributed by atoms with Gasteiger partial charge in [0.2, 0.25) is 0 Å². The number of benzene rings is 3. The highest BCUT2D eigenvalue weighted by atomic mass is 16.5. The first kappa shape index (κ1) is 16.9. The van der Waals surface area contributed by atoms with E-state index in [0.29, 0.717) is 5.75 Å². The van der Waals surface area contributed by atoms with Crippen LogP contribution in [-0.2, 0) is 0 Å². The van der Waals surface area contributed by atoms with E-state index in [2.05, 4.69) is 0 Å². The van der Waals surface area contributed by atoms with Crippen LogP contribution >= 0.6 is 0 Å². The number of phenolic OH excluding ortho intramolecular Hbond substituents is 1. The molecule has 132 valence electrons. The highest BCUT2D eigenvalue weighted by Gasteiger charge is 2.12. The Bertz CT molecular complexity index is 1000. The van der Waals surface area contributed by atoms with E-state index in [1.165, 1.54) is 0 Å². The Labute approximate surface area is 158 Å². The van der Waals surface area contributed by atoms with Crippen molar-refractivity contribution in [3.63, 3.8) is 0 Å². The monoisotopic (exact) mass is 353 g/mol. The van der Waals surface area contributed by atoms with Gasteiger partial charge in [0.15, 0.2) is 0 Å². The van der Waals surface area contributed by atoms with E-state index in [0.717, 1.165) is 33.6 Å². The van der Waals surface area contributed by atoms with Crippen LogP contribution in [0.1, 0.15) is 0 Å². The summed E-state index contributed by atoms with van der Waals surface area (Å²) >= 11 is 0. The maximum Gasteiger partial charge on any atom is 0.127 e. The molecular formula is C24H19NO2. The molecule has 3 nitrogen and oxygen atoms in total. The molecule has 0 saturated carbocycles. The van der Waals surface area contributed by atoms with Gasteiger partial charge in [-0.3, -0.25) is 0 Å². The van der Waals surface area contributed by atoms with E-state index in [4.69, 9.17) is 9.72 Å². The van der Waals surface area contributed by atoms with Crippen molar-refractivity contribution in [2.45, 2.75) is 0 Å². The minimum atomic E-state index is 0.179. The first-order valence-corrected chi connectivity index (χ1v) is 8.75. The number of pyridine rings is 1. The Morgan fingerprint density at radius 2 is 1.22 bits per heavy atom. The smallest absolute Gasteiger partial charge is 0.127 e. The number of nitrogens with zero attached hydrogens (tertiary/aromatic N) is 1. The SMILES string of the molecule is COc1ccc(-c2cc(-c3ccccc3)nc(-c3ccccc3)c2)c(O)c1. The van der Waals surface area contributed by atoms with E-state index < -0.39 is 0 Å². The van der Waals surface area contributed by atoms with Gasteiger partial charge < -0.3 is 9.84 Å². The Morgan fingerprint density at radius 3 is 1.70 bits per heavy atom. The highest BCUT2D eigenvalue weighted by Crippen LogP contribution is 2.36. The van der Waals surface area contributed by atoms with E-state index in [9.17, 15) is 5.11 Å². The third-order valence-electron chi connectivity index (χ3n) is 4.48. The van der Waals surface area contributed by atoms with E-state index >= 15 is 0 Å². The van der Waals surface area contributed by atoms with Gasteiger partial charge in [-0.05, 0) is 29.8 Å². The van der Waals surface area contributed by atoms with Gasteiger partial charge >= 0.3 is 0 Å². The van der Waals surface area contributed by atoms with Crippen molar-refractivity contribution < 1.29 is 9.84 Å². The number of hydrogen-bond acceptors (Lipinski definition) is 3. The minimum Gasteiger partial charge on any atom is -0.507 e. The molecule has 0 atom stereocenters. The van der Waals surface area contributed by atoms with Crippen molar-refractivity contribution in [3.8, 4) is 45.1 Å². The summed E-state index contributed by atoms with van der Waals surface area (Å²) in [5.41, 5.74) is 5.44. The molecule has 0 aliphatic rings. The summed E-state index contributed by atoms with van der Waals surface area (Å²) in [6.45, 7) is 0. The Balaban J connectivity index is 1.91. The highest BCUT2D eigenvalue weighted by molar-refractivity contribution is 5.79. The average molecular weight is 353 g/mol. The summed E-state index contributed by atoms with van der Waals surface area (Å²) < 4.78 is 5.20. The van der Waals surface area contributed by atoms with Gasteiger partial charge in [-0.2, -0.15) is 0 Å². The molecule has 4 aromatic rings. The molecule has 1 N–H and O–H groups in total. The van der Waals surface area contributed by atoms with Crippen molar-refractivity contribution in [1.29, 1.82) is 0 Å². The predicted molar refractivity (Wildman–Crippen MR) is 109 cm³/mol. The molecular weight excluding hydrogens is 334 g/mol. The first-order valence-electron chi connectivity index (χ1n) is 8.75. The van der Waals surface area contributed by atoms with E-state index in [1.807, 2.05) is 84.9 Å². The standard InChI is InChI=1S/C24H19NO2/c1-27-20-12-13-21(24(26)16-20)19-14-22(17-8-4-2-5-9-17)25-23(15-19)18-10-6-3-7-11-18/h2-16,26H,1H3. The molecule has 0 amide bonds. The molecule has 3 heteroatoms. The summed E-state index contributed by atoms with van der Waals surface area (Å²) in [7, 11) is 1.59. The summed E-state index contributed by atoms with van der Waals surface area (Å²) in [6.07, 6.45) is 0. The lowest BCUT2D eigenvalue weighted by Gasteiger charge is -2.12. The zero-order valence-electron chi connectivity index (χ0n) is 15.0. The quantitative estimate of drug-likeness (QED) is 0.504. The fourth-order valence-electron chi connectivity index (χ4n) is 3.08. The van der Waals surface area contributed by atoms with Crippen LogP contribution in [0.3, 0.4) is 0 Å². The fourth-order valence-corrected chi connectivity index (χ4v) is 3.08. The Morgan fingerprint density at radius 1 is 0.667 bits per heavy atom. The molecule has 0 saturated heterocycles. The first-order chi connectivity index (χ1) is 13.2. The van der Waals surface area contributed by atoms with Crippen LogP contribution in [0.25, 0.3) is 33.6 Å². The van der Waals surface area contributed by atoms with Crippen molar-refractivity contribution >= 4 is 0 Å². The Kier molecular flexibility index (Phi) is 4.58. The zero-order valence-corrected chi connectivity index (χ0v) is 15.0.